The van der Waals surface area contributed by atoms with Crippen molar-refractivity contribution in [2.24, 2.45) is 0 Å². The Balaban J connectivity index is 3.11. The van der Waals surface area contributed by atoms with E-state index in [9.17, 15) is 0 Å². The average Bonchev–Trinajstić information content (AvgIpc) is 1.99. The number of benzene rings is 1. The lowest BCUT2D eigenvalue weighted by atomic mass is 10.1. The summed E-state index contributed by atoms with van der Waals surface area (Å²) in [6.45, 7) is 4.04. The van der Waals surface area contributed by atoms with Gasteiger partial charge in [-0.3, -0.25) is 0 Å². The van der Waals surface area contributed by atoms with E-state index >= 15 is 0 Å². The van der Waals surface area contributed by atoms with Crippen molar-refractivity contribution in [3.05, 3.63) is 34.9 Å². The summed E-state index contributed by atoms with van der Waals surface area (Å²) in [5.41, 5.74) is 3.27. The molecular weight excluding hydrogens is 146 g/mol. The van der Waals surface area contributed by atoms with E-state index in [2.05, 4.69) is 17.9 Å². The van der Waals surface area contributed by atoms with Gasteiger partial charge >= 0.3 is 0 Å². The van der Waals surface area contributed by atoms with Crippen LogP contribution in [0.25, 0.3) is 0 Å². The molecule has 0 aliphatic carbocycles. The van der Waals surface area contributed by atoms with Gasteiger partial charge in [-0.2, -0.15) is 5.26 Å². The van der Waals surface area contributed by atoms with Gasteiger partial charge in [0.25, 0.3) is 0 Å². The van der Waals surface area contributed by atoms with E-state index in [-0.39, 0.29) is 0 Å². The summed E-state index contributed by atoms with van der Waals surface area (Å²) in [5, 5.41) is 8.24. The summed E-state index contributed by atoms with van der Waals surface area (Å²) in [6.07, 6.45) is 0. The van der Waals surface area contributed by atoms with Gasteiger partial charge in [-0.25, -0.2) is 0 Å². The number of hydrogen-bond donors (Lipinski definition) is 0. The van der Waals surface area contributed by atoms with E-state index in [4.69, 9.17) is 5.26 Å². The maximum absolute atomic E-state index is 8.24. The van der Waals surface area contributed by atoms with Crippen LogP contribution in [0.2, 0.25) is 0 Å². The third-order valence-corrected chi connectivity index (χ3v) is 1.48. The van der Waals surface area contributed by atoms with Gasteiger partial charge in [0.05, 0.1) is 0 Å². The van der Waals surface area contributed by atoms with Gasteiger partial charge in [0.2, 0.25) is 0 Å². The second-order valence-corrected chi connectivity index (χ2v) is 2.74. The van der Waals surface area contributed by atoms with Crippen LogP contribution in [0.1, 0.15) is 16.7 Å². The molecule has 1 heteroatoms. The Kier molecular flexibility index (Phi) is 2.51. The molecule has 0 aliphatic rings. The monoisotopic (exact) mass is 155 g/mol. The summed E-state index contributed by atoms with van der Waals surface area (Å²) in [6, 6.07) is 7.81. The Morgan fingerprint density at radius 3 is 2.17 bits per heavy atom. The van der Waals surface area contributed by atoms with Crippen molar-refractivity contribution in [3.8, 4) is 17.9 Å². The molecule has 0 amide bonds. The number of nitriles is 1. The molecule has 12 heavy (non-hydrogen) atoms. The second-order valence-electron chi connectivity index (χ2n) is 2.74. The van der Waals surface area contributed by atoms with Crippen molar-refractivity contribution >= 4 is 0 Å². The molecule has 0 atom stereocenters. The van der Waals surface area contributed by atoms with Crippen molar-refractivity contribution in [3.63, 3.8) is 0 Å². The van der Waals surface area contributed by atoms with E-state index < -0.39 is 0 Å². The number of hydrogen-bond acceptors (Lipinski definition) is 1. The molecule has 0 saturated heterocycles. The number of rotatable bonds is 0. The Labute approximate surface area is 72.6 Å². The van der Waals surface area contributed by atoms with Crippen LogP contribution in [0.4, 0.5) is 0 Å². The molecule has 0 saturated carbocycles. The minimum Gasteiger partial charge on any atom is -0.183 e. The van der Waals surface area contributed by atoms with Crippen LogP contribution in [-0.4, -0.2) is 0 Å². The molecule has 0 unspecified atom stereocenters. The van der Waals surface area contributed by atoms with Crippen molar-refractivity contribution in [2.45, 2.75) is 13.8 Å². The molecular formula is C11H9N. The lowest BCUT2D eigenvalue weighted by Gasteiger charge is -1.96. The first-order valence-electron chi connectivity index (χ1n) is 3.71. The number of nitrogens with zero attached hydrogens (tertiary/aromatic N) is 1. The van der Waals surface area contributed by atoms with Crippen LogP contribution < -0.4 is 0 Å². The van der Waals surface area contributed by atoms with Crippen molar-refractivity contribution < 1.29 is 0 Å². The normalized spacial score (nSPS) is 8.08. The van der Waals surface area contributed by atoms with Crippen molar-refractivity contribution in [1.29, 1.82) is 5.26 Å². The van der Waals surface area contributed by atoms with Crippen molar-refractivity contribution in [1.82, 2.24) is 0 Å². The number of aryl methyl sites for hydroxylation is 2. The highest BCUT2D eigenvalue weighted by Crippen LogP contribution is 2.06. The summed E-state index contributed by atoms with van der Waals surface area (Å²) >= 11 is 0. The largest absolute Gasteiger partial charge is 0.183 e. The molecule has 0 fully saturated rings. The molecule has 58 valence electrons. The van der Waals surface area contributed by atoms with Gasteiger partial charge in [-0.15, -0.1) is 0 Å². The van der Waals surface area contributed by atoms with Gasteiger partial charge in [0.15, 0.2) is 6.07 Å². The molecule has 0 bridgehead atoms. The summed E-state index contributed by atoms with van der Waals surface area (Å²) in [7, 11) is 0. The fourth-order valence-electron chi connectivity index (χ4n) is 1.15. The molecule has 0 heterocycles. The molecule has 1 aromatic carbocycles. The first-order chi connectivity index (χ1) is 5.72. The Bertz CT molecular complexity index is 365. The smallest absolute Gasteiger partial charge is 0.152 e. The van der Waals surface area contributed by atoms with Gasteiger partial charge in [0.1, 0.15) is 0 Å². The lowest BCUT2D eigenvalue weighted by molar-refractivity contribution is 1.37. The molecule has 0 radical (unpaired) electrons. The minimum absolute atomic E-state index is 0.911. The zero-order chi connectivity index (χ0) is 8.97. The molecule has 1 rings (SSSR count). The summed E-state index contributed by atoms with van der Waals surface area (Å²) < 4.78 is 0. The average molecular weight is 155 g/mol. The Hall–Kier alpha value is -1.73. The second kappa shape index (κ2) is 3.60. The molecule has 0 spiro atoms. The molecule has 1 aromatic rings. The van der Waals surface area contributed by atoms with E-state index in [1.54, 1.807) is 6.07 Å². The van der Waals surface area contributed by atoms with Crippen LogP contribution in [-0.2, 0) is 0 Å². The third-order valence-electron chi connectivity index (χ3n) is 1.48. The van der Waals surface area contributed by atoms with Crippen molar-refractivity contribution in [2.75, 3.05) is 0 Å². The first-order valence-corrected chi connectivity index (χ1v) is 3.71. The highest BCUT2D eigenvalue weighted by atomic mass is 14.2. The van der Waals surface area contributed by atoms with Gasteiger partial charge in [0, 0.05) is 11.5 Å². The minimum atomic E-state index is 0.911. The highest BCUT2D eigenvalue weighted by molar-refractivity contribution is 5.42. The van der Waals surface area contributed by atoms with E-state index in [0.29, 0.717) is 0 Å². The summed E-state index contributed by atoms with van der Waals surface area (Å²) in [5.74, 6) is 5.14. The first kappa shape index (κ1) is 8.37. The lowest BCUT2D eigenvalue weighted by Crippen LogP contribution is -1.80. The highest BCUT2D eigenvalue weighted by Gasteiger charge is 1.90. The fraction of sp³-hybridized carbons (Fsp3) is 0.182. The maximum atomic E-state index is 8.24. The maximum Gasteiger partial charge on any atom is 0.152 e. The predicted molar refractivity (Wildman–Crippen MR) is 48.4 cm³/mol. The molecule has 1 nitrogen and oxygen atoms in total. The van der Waals surface area contributed by atoms with E-state index in [1.807, 2.05) is 26.0 Å². The quantitative estimate of drug-likeness (QED) is 0.527. The fourth-order valence-corrected chi connectivity index (χ4v) is 1.15. The molecule has 0 N–H and O–H groups in total. The molecule has 0 aliphatic heterocycles. The van der Waals surface area contributed by atoms with Crippen LogP contribution in [0.15, 0.2) is 18.2 Å². The van der Waals surface area contributed by atoms with Crippen LogP contribution in [0.3, 0.4) is 0 Å². The van der Waals surface area contributed by atoms with E-state index in [0.717, 1.165) is 5.56 Å². The zero-order valence-electron chi connectivity index (χ0n) is 7.18. The van der Waals surface area contributed by atoms with Crippen LogP contribution in [0.5, 0.6) is 0 Å². The predicted octanol–water partition coefficient (Wildman–Crippen LogP) is 2.18. The Morgan fingerprint density at radius 2 is 1.67 bits per heavy atom. The third kappa shape index (κ3) is 2.15. The zero-order valence-corrected chi connectivity index (χ0v) is 7.18. The van der Waals surface area contributed by atoms with Gasteiger partial charge in [-0.1, -0.05) is 12.0 Å². The SMILES string of the molecule is Cc1cc(C)cc(C#CC#N)c1. The molecule has 0 aromatic heterocycles. The topological polar surface area (TPSA) is 23.8 Å². The van der Waals surface area contributed by atoms with Gasteiger partial charge in [-0.05, 0) is 37.1 Å². The Morgan fingerprint density at radius 1 is 1.08 bits per heavy atom. The van der Waals surface area contributed by atoms with Crippen LogP contribution >= 0.6 is 0 Å². The standard InChI is InChI=1S/C11H9N/c1-9-6-10(2)8-11(7-9)4-3-5-12/h6-8H,1-2H3. The van der Waals surface area contributed by atoms with Gasteiger partial charge < -0.3 is 0 Å². The van der Waals surface area contributed by atoms with Crippen LogP contribution in [0, 0.1) is 37.0 Å². The van der Waals surface area contributed by atoms with E-state index in [1.165, 1.54) is 11.1 Å². The summed E-state index contributed by atoms with van der Waals surface area (Å²) in [4.78, 5) is 0.